The normalized spacial score (nSPS) is 14.2. The molecule has 0 rings (SSSR count). The smallest absolute Gasteiger partial charge is 0.158 e. The summed E-state index contributed by atoms with van der Waals surface area (Å²) in [6.45, 7) is 0.259. The highest BCUT2D eigenvalue weighted by molar-refractivity contribution is 7.23. The lowest BCUT2D eigenvalue weighted by Gasteiger charge is -2.01. The van der Waals surface area contributed by atoms with Crippen LogP contribution in [0.25, 0.3) is 0 Å². The van der Waals surface area contributed by atoms with E-state index in [4.69, 9.17) is 5.11 Å². The molecule has 0 aromatic heterocycles. The van der Waals surface area contributed by atoms with E-state index in [1.54, 1.807) is 0 Å². The molecule has 0 saturated heterocycles. The monoisotopic (exact) mass is 136 g/mol. The fourth-order valence-corrected chi connectivity index (χ4v) is 0.609. The average molecular weight is 136 g/mol. The van der Waals surface area contributed by atoms with Crippen LogP contribution in [-0.2, 0) is 9.30 Å². The largest absolute Gasteiger partial charge is 0.390 e. The molecule has 0 heterocycles. The molecule has 8 heavy (non-hydrogen) atoms. The second-order valence-corrected chi connectivity index (χ2v) is 2.04. The van der Waals surface area contributed by atoms with Gasteiger partial charge in [0.2, 0.25) is 0 Å². The zero-order valence-electron chi connectivity index (χ0n) is 4.70. The summed E-state index contributed by atoms with van der Waals surface area (Å²) in [7, 11) is 1.46. The van der Waals surface area contributed by atoms with Gasteiger partial charge in [0.25, 0.3) is 0 Å². The van der Waals surface area contributed by atoms with Crippen molar-refractivity contribution in [2.24, 2.45) is 0 Å². The van der Waals surface area contributed by atoms with E-state index < -0.39 is 6.10 Å². The molecule has 4 heteroatoms. The van der Waals surface area contributed by atoms with Crippen molar-refractivity contribution in [3.8, 4) is 0 Å². The van der Waals surface area contributed by atoms with Crippen LogP contribution in [0.2, 0.25) is 0 Å². The molecule has 3 nitrogen and oxygen atoms in total. The highest BCUT2D eigenvalue weighted by Crippen LogP contribution is 1.95. The fourth-order valence-electron chi connectivity index (χ4n) is 0.331. The van der Waals surface area contributed by atoms with Crippen LogP contribution in [0, 0.1) is 0 Å². The maximum atomic E-state index is 9.77. The molecule has 0 fully saturated rings. The van der Waals surface area contributed by atoms with Gasteiger partial charge < -0.3 is 9.84 Å². The molecule has 0 aromatic rings. The maximum absolute atomic E-state index is 9.77. The minimum Gasteiger partial charge on any atom is -0.390 e. The lowest BCUT2D eigenvalue weighted by Crippen LogP contribution is -2.14. The van der Waals surface area contributed by atoms with Gasteiger partial charge in [0, 0.05) is 7.11 Å². The predicted molar refractivity (Wildman–Crippen MR) is 30.4 cm³/mol. The highest BCUT2D eigenvalue weighted by atomic mass is 31.1. The summed E-state index contributed by atoms with van der Waals surface area (Å²) in [5.74, 6) is 0. The zero-order valence-corrected chi connectivity index (χ0v) is 5.60. The van der Waals surface area contributed by atoms with Crippen LogP contribution in [-0.4, -0.2) is 31.1 Å². The molecule has 0 bridgehead atoms. The Bertz CT molecular complexity index is 66.3. The minimum atomic E-state index is -0.584. The van der Waals surface area contributed by atoms with Gasteiger partial charge in [0.15, 0.2) is 8.46 Å². The standard InChI is InChI=1S/C4H9O3P/c1-7-2-4(5)3-8-6/h4-5H,2-3H2,1H3. The lowest BCUT2D eigenvalue weighted by atomic mass is 10.4. The molecule has 48 valence electrons. The summed E-state index contributed by atoms with van der Waals surface area (Å²) < 4.78 is 14.3. The Morgan fingerprint density at radius 1 is 1.88 bits per heavy atom. The van der Waals surface area contributed by atoms with Crippen molar-refractivity contribution in [1.29, 1.82) is 0 Å². The number of aliphatic hydroxyl groups excluding tert-OH is 1. The van der Waals surface area contributed by atoms with Crippen molar-refractivity contribution in [3.05, 3.63) is 0 Å². The minimum absolute atomic E-state index is 0.0312. The van der Waals surface area contributed by atoms with Crippen molar-refractivity contribution in [2.45, 2.75) is 6.10 Å². The summed E-state index contributed by atoms with van der Waals surface area (Å²) >= 11 is 0. The Labute approximate surface area is 49.9 Å². The van der Waals surface area contributed by atoms with Crippen molar-refractivity contribution >= 4 is 8.46 Å². The molecule has 0 radical (unpaired) electrons. The molecule has 1 N–H and O–H groups in total. The molecule has 0 saturated carbocycles. The van der Waals surface area contributed by atoms with Gasteiger partial charge in [-0.3, -0.25) is 4.57 Å². The first-order valence-corrected chi connectivity index (χ1v) is 3.27. The average Bonchev–Trinajstić information content (AvgIpc) is 1.68. The third-order valence-electron chi connectivity index (χ3n) is 0.644. The second kappa shape index (κ2) is 5.16. The Morgan fingerprint density at radius 3 is 2.88 bits per heavy atom. The molecular weight excluding hydrogens is 127 g/mol. The van der Waals surface area contributed by atoms with Crippen LogP contribution in [0.4, 0.5) is 0 Å². The summed E-state index contributed by atoms with van der Waals surface area (Å²) in [5, 5.41) is 8.72. The number of rotatable bonds is 4. The molecule has 0 aliphatic rings. The first-order chi connectivity index (χ1) is 3.81. The molecule has 1 unspecified atom stereocenters. The summed E-state index contributed by atoms with van der Waals surface area (Å²) in [4.78, 5) is 0. The molecule has 0 aliphatic heterocycles. The van der Waals surface area contributed by atoms with E-state index in [2.05, 4.69) is 4.74 Å². The van der Waals surface area contributed by atoms with Crippen LogP contribution in [0.1, 0.15) is 0 Å². The fraction of sp³-hybridized carbons (Fsp3) is 1.00. The first-order valence-electron chi connectivity index (χ1n) is 2.27. The van der Waals surface area contributed by atoms with E-state index in [-0.39, 0.29) is 21.2 Å². The Balaban J connectivity index is 3.03. The van der Waals surface area contributed by atoms with E-state index in [1.165, 1.54) is 7.11 Å². The van der Waals surface area contributed by atoms with Crippen molar-refractivity contribution < 1.29 is 14.4 Å². The molecule has 1 atom stereocenters. The number of hydrogen-bond donors (Lipinski definition) is 1. The Kier molecular flexibility index (Phi) is 5.18. The highest BCUT2D eigenvalue weighted by Gasteiger charge is 1.99. The molecular formula is C4H9O3P. The predicted octanol–water partition coefficient (Wildman–Crippen LogP) is 0.285. The van der Waals surface area contributed by atoms with Crippen molar-refractivity contribution in [3.63, 3.8) is 0 Å². The van der Waals surface area contributed by atoms with Gasteiger partial charge in [-0.1, -0.05) is 0 Å². The van der Waals surface area contributed by atoms with Crippen LogP contribution in [0.5, 0.6) is 0 Å². The third kappa shape index (κ3) is 4.19. The van der Waals surface area contributed by atoms with Gasteiger partial charge in [0.1, 0.15) is 0 Å². The van der Waals surface area contributed by atoms with Gasteiger partial charge in [-0.05, 0) is 0 Å². The van der Waals surface area contributed by atoms with Gasteiger partial charge in [0.05, 0.1) is 18.9 Å². The molecule has 0 amide bonds. The van der Waals surface area contributed by atoms with E-state index in [9.17, 15) is 4.57 Å². The van der Waals surface area contributed by atoms with E-state index in [1.807, 2.05) is 0 Å². The second-order valence-electron chi connectivity index (χ2n) is 1.42. The van der Waals surface area contributed by atoms with E-state index >= 15 is 0 Å². The zero-order chi connectivity index (χ0) is 6.41. The number of methoxy groups -OCH3 is 1. The van der Waals surface area contributed by atoms with E-state index in [0.717, 1.165) is 0 Å². The SMILES string of the molecule is COCC(O)CP=O. The Morgan fingerprint density at radius 2 is 2.50 bits per heavy atom. The van der Waals surface area contributed by atoms with Gasteiger partial charge in [-0.25, -0.2) is 0 Å². The van der Waals surface area contributed by atoms with Crippen LogP contribution in [0.15, 0.2) is 0 Å². The van der Waals surface area contributed by atoms with Crippen molar-refractivity contribution in [1.82, 2.24) is 0 Å². The van der Waals surface area contributed by atoms with Gasteiger partial charge in [-0.15, -0.1) is 0 Å². The number of hydrogen-bond acceptors (Lipinski definition) is 3. The number of ether oxygens (including phenoxy) is 1. The van der Waals surface area contributed by atoms with Gasteiger partial charge >= 0.3 is 0 Å². The summed E-state index contributed by atoms with van der Waals surface area (Å²) in [6, 6.07) is 0. The first kappa shape index (κ1) is 8.02. The topological polar surface area (TPSA) is 46.5 Å². The third-order valence-corrected chi connectivity index (χ3v) is 1.21. The van der Waals surface area contributed by atoms with Crippen LogP contribution < -0.4 is 0 Å². The van der Waals surface area contributed by atoms with Crippen LogP contribution in [0.3, 0.4) is 0 Å². The quantitative estimate of drug-likeness (QED) is 0.565. The lowest BCUT2D eigenvalue weighted by molar-refractivity contribution is 0.0788. The summed E-state index contributed by atoms with van der Waals surface area (Å²) in [5.41, 5.74) is 0. The van der Waals surface area contributed by atoms with E-state index in [0.29, 0.717) is 0 Å². The molecule has 0 spiro atoms. The summed E-state index contributed by atoms with van der Waals surface area (Å²) in [6.07, 6.45) is -0.326. The molecule has 0 aliphatic carbocycles. The Hall–Kier alpha value is 0.0200. The van der Waals surface area contributed by atoms with Crippen LogP contribution >= 0.6 is 8.46 Å². The molecule has 0 aromatic carbocycles. The number of aliphatic hydroxyl groups is 1. The van der Waals surface area contributed by atoms with Crippen molar-refractivity contribution in [2.75, 3.05) is 19.9 Å². The maximum Gasteiger partial charge on any atom is 0.158 e. The van der Waals surface area contributed by atoms with Gasteiger partial charge in [-0.2, -0.15) is 0 Å².